The van der Waals surface area contributed by atoms with Gasteiger partial charge in [0.05, 0.1) is 0 Å². The number of nitrogens with zero attached hydrogens (tertiary/aromatic N) is 3. The van der Waals surface area contributed by atoms with Crippen LogP contribution in [0.1, 0.15) is 12.8 Å². The second-order valence-electron chi connectivity index (χ2n) is 3.87. The Morgan fingerprint density at radius 2 is 2.53 bits per heavy atom. The number of hydrogen-bond acceptors (Lipinski definition) is 4. The largest absolute Gasteiger partial charge is 0.368 e. The number of nitrogens with one attached hydrogen (secondary N) is 1. The van der Waals surface area contributed by atoms with Gasteiger partial charge in [-0.05, 0) is 44.1 Å². The van der Waals surface area contributed by atoms with Gasteiger partial charge >= 0.3 is 0 Å². The minimum atomic E-state index is 0.291. The van der Waals surface area contributed by atoms with Gasteiger partial charge < -0.3 is 10.2 Å². The standard InChI is InChI=1S/C10H15ClN4/c1-15-6-2-3-8(15)7-13-9-4-5-12-10(11)14-9/h4-5,8H,2-3,6-7H2,1H3,(H,12,13,14). The topological polar surface area (TPSA) is 41.0 Å². The molecule has 4 nitrogen and oxygen atoms in total. The predicted octanol–water partition coefficient (Wildman–Crippen LogP) is 1.64. The lowest BCUT2D eigenvalue weighted by Gasteiger charge is -2.19. The van der Waals surface area contributed by atoms with Crippen molar-refractivity contribution < 1.29 is 0 Å². The number of likely N-dealkylation sites (tertiary alicyclic amines) is 1. The zero-order valence-corrected chi connectivity index (χ0v) is 9.54. The third-order valence-corrected chi connectivity index (χ3v) is 3.00. The molecule has 1 aliphatic rings. The van der Waals surface area contributed by atoms with Crippen LogP contribution in [0.25, 0.3) is 0 Å². The molecule has 2 rings (SSSR count). The summed E-state index contributed by atoms with van der Waals surface area (Å²) in [4.78, 5) is 10.3. The SMILES string of the molecule is CN1CCCC1CNc1ccnc(Cl)n1. The lowest BCUT2D eigenvalue weighted by Crippen LogP contribution is -2.31. The summed E-state index contributed by atoms with van der Waals surface area (Å²) < 4.78 is 0. The van der Waals surface area contributed by atoms with Crippen molar-refractivity contribution in [3.05, 3.63) is 17.5 Å². The summed E-state index contributed by atoms with van der Waals surface area (Å²) in [6.45, 7) is 2.11. The maximum atomic E-state index is 5.70. The van der Waals surface area contributed by atoms with Gasteiger partial charge in [-0.3, -0.25) is 0 Å². The molecule has 0 spiro atoms. The molecule has 1 fully saturated rings. The molecule has 82 valence electrons. The van der Waals surface area contributed by atoms with Gasteiger partial charge in [-0.2, -0.15) is 0 Å². The molecule has 0 bridgehead atoms. The Kier molecular flexibility index (Phi) is 3.38. The zero-order valence-electron chi connectivity index (χ0n) is 8.78. The molecule has 2 heterocycles. The first-order chi connectivity index (χ1) is 7.25. The van der Waals surface area contributed by atoms with E-state index < -0.39 is 0 Å². The van der Waals surface area contributed by atoms with Crippen LogP contribution in [0, 0.1) is 0 Å². The summed E-state index contributed by atoms with van der Waals surface area (Å²) in [5, 5.41) is 3.57. The van der Waals surface area contributed by atoms with Gasteiger partial charge in [0.1, 0.15) is 5.82 Å². The van der Waals surface area contributed by atoms with Crippen LogP contribution in [0.15, 0.2) is 12.3 Å². The molecular weight excluding hydrogens is 212 g/mol. The van der Waals surface area contributed by atoms with Gasteiger partial charge in [-0.15, -0.1) is 0 Å². The van der Waals surface area contributed by atoms with Crippen molar-refractivity contribution >= 4 is 17.4 Å². The lowest BCUT2D eigenvalue weighted by molar-refractivity contribution is 0.322. The third kappa shape index (κ3) is 2.79. The second-order valence-corrected chi connectivity index (χ2v) is 4.21. The van der Waals surface area contributed by atoms with E-state index in [1.165, 1.54) is 19.4 Å². The first-order valence-corrected chi connectivity index (χ1v) is 5.56. The molecule has 0 amide bonds. The Bertz CT molecular complexity index is 331. The van der Waals surface area contributed by atoms with E-state index >= 15 is 0 Å². The quantitative estimate of drug-likeness (QED) is 0.796. The van der Waals surface area contributed by atoms with Gasteiger partial charge in [-0.25, -0.2) is 9.97 Å². The van der Waals surface area contributed by atoms with Crippen molar-refractivity contribution in [1.29, 1.82) is 0 Å². The molecule has 0 aliphatic carbocycles. The summed E-state index contributed by atoms with van der Waals surface area (Å²) in [5.41, 5.74) is 0. The van der Waals surface area contributed by atoms with Crippen molar-refractivity contribution in [2.24, 2.45) is 0 Å². The highest BCUT2D eigenvalue weighted by atomic mass is 35.5. The van der Waals surface area contributed by atoms with Crippen LogP contribution in [-0.2, 0) is 0 Å². The number of likely N-dealkylation sites (N-methyl/N-ethyl adjacent to an activating group) is 1. The Morgan fingerprint density at radius 1 is 1.67 bits per heavy atom. The minimum absolute atomic E-state index is 0.291. The van der Waals surface area contributed by atoms with Gasteiger partial charge in [-0.1, -0.05) is 0 Å². The van der Waals surface area contributed by atoms with Gasteiger partial charge in [0.2, 0.25) is 5.28 Å². The van der Waals surface area contributed by atoms with E-state index in [9.17, 15) is 0 Å². The molecule has 1 N–H and O–H groups in total. The van der Waals surface area contributed by atoms with E-state index in [-0.39, 0.29) is 0 Å². The number of anilines is 1. The summed E-state index contributed by atoms with van der Waals surface area (Å²) in [6.07, 6.45) is 4.20. The van der Waals surface area contributed by atoms with Crippen molar-refractivity contribution in [1.82, 2.24) is 14.9 Å². The van der Waals surface area contributed by atoms with E-state index in [1.54, 1.807) is 6.20 Å². The Morgan fingerprint density at radius 3 is 3.20 bits per heavy atom. The van der Waals surface area contributed by atoms with Crippen LogP contribution in [-0.4, -0.2) is 41.0 Å². The van der Waals surface area contributed by atoms with Crippen molar-refractivity contribution in [2.75, 3.05) is 25.5 Å². The summed E-state index contributed by atoms with van der Waals surface area (Å²) in [7, 11) is 2.16. The average molecular weight is 227 g/mol. The minimum Gasteiger partial charge on any atom is -0.368 e. The molecule has 5 heteroatoms. The molecule has 1 aromatic rings. The fraction of sp³-hybridized carbons (Fsp3) is 0.600. The molecule has 0 saturated carbocycles. The fourth-order valence-corrected chi connectivity index (χ4v) is 2.04. The van der Waals surface area contributed by atoms with Crippen LogP contribution in [0.4, 0.5) is 5.82 Å². The molecule has 0 radical (unpaired) electrons. The Hall–Kier alpha value is -0.870. The molecule has 1 aromatic heterocycles. The van der Waals surface area contributed by atoms with E-state index in [1.807, 2.05) is 6.07 Å². The molecular formula is C10H15ClN4. The first-order valence-electron chi connectivity index (χ1n) is 5.18. The molecule has 1 atom stereocenters. The van der Waals surface area contributed by atoms with Crippen molar-refractivity contribution in [2.45, 2.75) is 18.9 Å². The van der Waals surface area contributed by atoms with Gasteiger partial charge in [0, 0.05) is 18.8 Å². The average Bonchev–Trinajstić information content (AvgIpc) is 2.61. The number of aromatic nitrogens is 2. The smallest absolute Gasteiger partial charge is 0.224 e. The monoisotopic (exact) mass is 226 g/mol. The van der Waals surface area contributed by atoms with Crippen molar-refractivity contribution in [3.63, 3.8) is 0 Å². The number of rotatable bonds is 3. The lowest BCUT2D eigenvalue weighted by atomic mass is 10.2. The molecule has 1 aliphatic heterocycles. The molecule has 1 saturated heterocycles. The maximum absolute atomic E-state index is 5.70. The van der Waals surface area contributed by atoms with Crippen molar-refractivity contribution in [3.8, 4) is 0 Å². The highest BCUT2D eigenvalue weighted by Crippen LogP contribution is 2.15. The summed E-state index contributed by atoms with van der Waals surface area (Å²) in [5.74, 6) is 0.801. The number of halogens is 1. The predicted molar refractivity (Wildman–Crippen MR) is 61.2 cm³/mol. The fourth-order valence-electron chi connectivity index (χ4n) is 1.89. The van der Waals surface area contributed by atoms with Crippen LogP contribution in [0.2, 0.25) is 5.28 Å². The van der Waals surface area contributed by atoms with E-state index in [4.69, 9.17) is 11.6 Å². The van der Waals surface area contributed by atoms with Crippen LogP contribution in [0.5, 0.6) is 0 Å². The third-order valence-electron chi connectivity index (χ3n) is 2.82. The van der Waals surface area contributed by atoms with Crippen LogP contribution >= 0.6 is 11.6 Å². The van der Waals surface area contributed by atoms with E-state index in [2.05, 4.69) is 27.2 Å². The Labute approximate surface area is 94.7 Å². The van der Waals surface area contributed by atoms with Crippen LogP contribution in [0.3, 0.4) is 0 Å². The Balaban J connectivity index is 1.87. The second kappa shape index (κ2) is 4.77. The normalized spacial score (nSPS) is 21.9. The zero-order chi connectivity index (χ0) is 10.7. The molecule has 1 unspecified atom stereocenters. The highest BCUT2D eigenvalue weighted by Gasteiger charge is 2.20. The summed E-state index contributed by atoms with van der Waals surface area (Å²) >= 11 is 5.70. The molecule has 15 heavy (non-hydrogen) atoms. The van der Waals surface area contributed by atoms with Crippen LogP contribution < -0.4 is 5.32 Å². The highest BCUT2D eigenvalue weighted by molar-refractivity contribution is 6.28. The number of hydrogen-bond donors (Lipinski definition) is 1. The van der Waals surface area contributed by atoms with E-state index in [0.29, 0.717) is 11.3 Å². The maximum Gasteiger partial charge on any atom is 0.224 e. The van der Waals surface area contributed by atoms with Gasteiger partial charge in [0.25, 0.3) is 0 Å². The van der Waals surface area contributed by atoms with Gasteiger partial charge in [0.15, 0.2) is 0 Å². The summed E-state index contributed by atoms with van der Waals surface area (Å²) in [6, 6.07) is 2.44. The van der Waals surface area contributed by atoms with E-state index in [0.717, 1.165) is 12.4 Å². The first kappa shape index (κ1) is 10.6. The molecule has 0 aromatic carbocycles.